The number of pyridine rings is 1. The molecule has 1 heterocycles. The van der Waals surface area contributed by atoms with E-state index in [1.807, 2.05) is 12.1 Å². The molecular formula is C15H16ClN3O2. The predicted octanol–water partition coefficient (Wildman–Crippen LogP) is 3.06. The molecule has 110 valence electrons. The van der Waals surface area contributed by atoms with Crippen LogP contribution in [0.25, 0.3) is 0 Å². The highest BCUT2D eigenvalue weighted by Crippen LogP contribution is 2.23. The monoisotopic (exact) mass is 305 g/mol. The van der Waals surface area contributed by atoms with Gasteiger partial charge >= 0.3 is 0 Å². The molecule has 2 rings (SSSR count). The van der Waals surface area contributed by atoms with E-state index in [2.05, 4.69) is 10.3 Å². The third-order valence-corrected chi connectivity index (χ3v) is 3.38. The third kappa shape index (κ3) is 3.25. The largest absolute Gasteiger partial charge is 0.497 e. The molecule has 0 atom stereocenters. The van der Waals surface area contributed by atoms with E-state index in [9.17, 15) is 4.79 Å². The molecule has 0 aliphatic heterocycles. The Morgan fingerprint density at radius 2 is 2.00 bits per heavy atom. The second kappa shape index (κ2) is 6.45. The molecule has 0 unspecified atom stereocenters. The van der Waals surface area contributed by atoms with Crippen molar-refractivity contribution in [2.75, 3.05) is 31.4 Å². The summed E-state index contributed by atoms with van der Waals surface area (Å²) in [6, 6.07) is 8.83. The predicted molar refractivity (Wildman–Crippen MR) is 84.5 cm³/mol. The zero-order valence-corrected chi connectivity index (χ0v) is 12.8. The van der Waals surface area contributed by atoms with Crippen LogP contribution < -0.4 is 15.0 Å². The van der Waals surface area contributed by atoms with Gasteiger partial charge in [-0.1, -0.05) is 11.6 Å². The number of hydrogen-bond donors (Lipinski definition) is 1. The van der Waals surface area contributed by atoms with Crippen LogP contribution in [0.5, 0.6) is 5.75 Å². The number of carbonyl (C=O) groups is 1. The van der Waals surface area contributed by atoms with E-state index in [1.54, 1.807) is 39.4 Å². The quantitative estimate of drug-likeness (QED) is 0.943. The number of methoxy groups -OCH3 is 1. The van der Waals surface area contributed by atoms with Crippen LogP contribution in [0.15, 0.2) is 36.5 Å². The van der Waals surface area contributed by atoms with Crippen molar-refractivity contribution >= 4 is 29.0 Å². The topological polar surface area (TPSA) is 54.5 Å². The number of nitrogens with one attached hydrogen (secondary N) is 1. The Balaban J connectivity index is 2.23. The number of hydrogen-bond acceptors (Lipinski definition) is 4. The molecule has 0 bridgehead atoms. The molecule has 1 N–H and O–H groups in total. The molecule has 1 amide bonds. The minimum absolute atomic E-state index is 0.183. The van der Waals surface area contributed by atoms with Crippen LogP contribution >= 0.6 is 11.6 Å². The number of amides is 1. The maximum absolute atomic E-state index is 12.4. The number of rotatable bonds is 4. The van der Waals surface area contributed by atoms with Gasteiger partial charge in [0.1, 0.15) is 11.6 Å². The van der Waals surface area contributed by atoms with E-state index >= 15 is 0 Å². The van der Waals surface area contributed by atoms with Gasteiger partial charge < -0.3 is 15.0 Å². The lowest BCUT2D eigenvalue weighted by Crippen LogP contribution is -2.26. The standard InChI is InChI=1S/C15H16ClN3O2/c1-17-14-13(16)8-10(9-18-14)15(20)19(2)11-4-6-12(21-3)7-5-11/h4-9H,1-3H3,(H,17,18). The SMILES string of the molecule is CNc1ncc(C(=O)N(C)c2ccc(OC)cc2)cc1Cl. The van der Waals surface area contributed by atoms with E-state index in [4.69, 9.17) is 16.3 Å². The van der Waals surface area contributed by atoms with Gasteiger partial charge in [0.25, 0.3) is 5.91 Å². The van der Waals surface area contributed by atoms with E-state index in [0.717, 1.165) is 11.4 Å². The summed E-state index contributed by atoms with van der Waals surface area (Å²) in [4.78, 5) is 18.1. The van der Waals surface area contributed by atoms with Crippen molar-refractivity contribution in [2.24, 2.45) is 0 Å². The number of nitrogens with zero attached hydrogens (tertiary/aromatic N) is 2. The van der Waals surface area contributed by atoms with Gasteiger partial charge in [-0.15, -0.1) is 0 Å². The zero-order valence-electron chi connectivity index (χ0n) is 12.1. The first-order valence-corrected chi connectivity index (χ1v) is 6.70. The fourth-order valence-electron chi connectivity index (χ4n) is 1.86. The van der Waals surface area contributed by atoms with Crippen LogP contribution in [0, 0.1) is 0 Å². The molecule has 0 aliphatic carbocycles. The van der Waals surface area contributed by atoms with Crippen LogP contribution in [-0.2, 0) is 0 Å². The fraction of sp³-hybridized carbons (Fsp3) is 0.200. The van der Waals surface area contributed by atoms with E-state index in [0.29, 0.717) is 16.4 Å². The highest BCUT2D eigenvalue weighted by molar-refractivity contribution is 6.33. The molecule has 1 aromatic heterocycles. The van der Waals surface area contributed by atoms with E-state index < -0.39 is 0 Å². The van der Waals surface area contributed by atoms with Crippen LogP contribution in [0.1, 0.15) is 10.4 Å². The van der Waals surface area contributed by atoms with Crippen molar-refractivity contribution < 1.29 is 9.53 Å². The van der Waals surface area contributed by atoms with Crippen LogP contribution in [0.2, 0.25) is 5.02 Å². The summed E-state index contributed by atoms with van der Waals surface area (Å²) in [6.45, 7) is 0. The lowest BCUT2D eigenvalue weighted by molar-refractivity contribution is 0.0992. The first-order chi connectivity index (χ1) is 10.1. The average Bonchev–Trinajstić information content (AvgIpc) is 2.53. The van der Waals surface area contributed by atoms with Gasteiger partial charge in [0.15, 0.2) is 0 Å². The number of benzene rings is 1. The molecule has 0 spiro atoms. The van der Waals surface area contributed by atoms with Gasteiger partial charge in [-0.3, -0.25) is 4.79 Å². The van der Waals surface area contributed by atoms with Crippen molar-refractivity contribution in [1.29, 1.82) is 0 Å². The van der Waals surface area contributed by atoms with Crippen LogP contribution in [0.4, 0.5) is 11.5 Å². The molecule has 6 heteroatoms. The van der Waals surface area contributed by atoms with Crippen molar-refractivity contribution in [2.45, 2.75) is 0 Å². The summed E-state index contributed by atoms with van der Waals surface area (Å²) >= 11 is 6.05. The number of halogens is 1. The normalized spacial score (nSPS) is 10.1. The molecule has 0 aliphatic rings. The second-order valence-corrected chi connectivity index (χ2v) is 4.77. The summed E-state index contributed by atoms with van der Waals surface area (Å²) in [5.74, 6) is 1.10. The molecule has 1 aromatic carbocycles. The maximum atomic E-state index is 12.4. The molecule has 0 fully saturated rings. The first-order valence-electron chi connectivity index (χ1n) is 6.32. The Morgan fingerprint density at radius 1 is 1.33 bits per heavy atom. The van der Waals surface area contributed by atoms with Gasteiger partial charge in [-0.2, -0.15) is 0 Å². The van der Waals surface area contributed by atoms with Crippen molar-refractivity contribution in [3.05, 3.63) is 47.1 Å². The van der Waals surface area contributed by atoms with Crippen molar-refractivity contribution in [3.63, 3.8) is 0 Å². The Hall–Kier alpha value is -2.27. The number of aromatic nitrogens is 1. The highest BCUT2D eigenvalue weighted by atomic mass is 35.5. The molecule has 5 nitrogen and oxygen atoms in total. The summed E-state index contributed by atoms with van der Waals surface area (Å²) < 4.78 is 5.10. The van der Waals surface area contributed by atoms with Crippen LogP contribution in [0.3, 0.4) is 0 Å². The Labute approximate surface area is 128 Å². The minimum atomic E-state index is -0.183. The van der Waals surface area contributed by atoms with E-state index in [-0.39, 0.29) is 5.91 Å². The molecule has 21 heavy (non-hydrogen) atoms. The highest BCUT2D eigenvalue weighted by Gasteiger charge is 2.15. The van der Waals surface area contributed by atoms with Gasteiger partial charge in [0, 0.05) is 26.0 Å². The molecular weight excluding hydrogens is 290 g/mol. The lowest BCUT2D eigenvalue weighted by Gasteiger charge is -2.18. The summed E-state index contributed by atoms with van der Waals surface area (Å²) in [7, 11) is 5.02. The first kappa shape index (κ1) is 15.1. The number of anilines is 2. The third-order valence-electron chi connectivity index (χ3n) is 3.09. The average molecular weight is 306 g/mol. The number of carbonyl (C=O) groups excluding carboxylic acids is 1. The Kier molecular flexibility index (Phi) is 4.65. The Morgan fingerprint density at radius 3 is 2.52 bits per heavy atom. The van der Waals surface area contributed by atoms with Crippen LogP contribution in [-0.4, -0.2) is 32.1 Å². The Bertz CT molecular complexity index is 644. The molecule has 0 saturated carbocycles. The van der Waals surface area contributed by atoms with Gasteiger partial charge in [-0.05, 0) is 30.3 Å². The van der Waals surface area contributed by atoms with E-state index in [1.165, 1.54) is 11.1 Å². The zero-order chi connectivity index (χ0) is 15.4. The summed E-state index contributed by atoms with van der Waals surface area (Å²) in [5, 5.41) is 3.26. The van der Waals surface area contributed by atoms with Gasteiger partial charge in [0.05, 0.1) is 17.7 Å². The molecule has 0 radical (unpaired) electrons. The molecule has 2 aromatic rings. The molecule has 0 saturated heterocycles. The summed E-state index contributed by atoms with van der Waals surface area (Å²) in [6.07, 6.45) is 1.50. The summed E-state index contributed by atoms with van der Waals surface area (Å²) in [5.41, 5.74) is 1.19. The van der Waals surface area contributed by atoms with Gasteiger partial charge in [0.2, 0.25) is 0 Å². The number of ether oxygens (including phenoxy) is 1. The lowest BCUT2D eigenvalue weighted by atomic mass is 10.2. The smallest absolute Gasteiger partial charge is 0.259 e. The van der Waals surface area contributed by atoms with Crippen molar-refractivity contribution in [1.82, 2.24) is 4.98 Å². The minimum Gasteiger partial charge on any atom is -0.497 e. The van der Waals surface area contributed by atoms with Gasteiger partial charge in [-0.25, -0.2) is 4.98 Å². The second-order valence-electron chi connectivity index (χ2n) is 4.37. The fourth-order valence-corrected chi connectivity index (χ4v) is 2.12. The maximum Gasteiger partial charge on any atom is 0.259 e. The van der Waals surface area contributed by atoms with Crippen molar-refractivity contribution in [3.8, 4) is 5.75 Å².